The molecule has 2 aromatic rings. The summed E-state index contributed by atoms with van der Waals surface area (Å²) in [4.78, 5) is 0. The standard InChI is InChI=1S/C11H9FN6O2/c1-20-10-2-7(12)9(19)3-8(10)14-5-6(4-13)11-15-17-18-16-11/h2-3,5,14,19H,1H3,(H,15,16,17,18). The Labute approximate surface area is 112 Å². The van der Waals surface area contributed by atoms with Crippen molar-refractivity contribution in [3.8, 4) is 17.6 Å². The zero-order valence-electron chi connectivity index (χ0n) is 10.3. The van der Waals surface area contributed by atoms with Gasteiger partial charge in [0.1, 0.15) is 17.4 Å². The predicted octanol–water partition coefficient (Wildman–Crippen LogP) is 1.03. The molecule has 0 unspecified atom stereocenters. The van der Waals surface area contributed by atoms with Crippen LogP contribution in [0.25, 0.3) is 5.57 Å². The summed E-state index contributed by atoms with van der Waals surface area (Å²) in [7, 11) is 1.35. The van der Waals surface area contributed by atoms with Gasteiger partial charge in [0, 0.05) is 18.3 Å². The zero-order chi connectivity index (χ0) is 14.5. The van der Waals surface area contributed by atoms with Crippen LogP contribution in [0, 0.1) is 17.1 Å². The van der Waals surface area contributed by atoms with Crippen LogP contribution in [-0.2, 0) is 0 Å². The van der Waals surface area contributed by atoms with E-state index in [1.165, 1.54) is 13.3 Å². The summed E-state index contributed by atoms with van der Waals surface area (Å²) in [5.41, 5.74) is 0.382. The topological polar surface area (TPSA) is 120 Å². The molecule has 0 aliphatic rings. The minimum Gasteiger partial charge on any atom is -0.505 e. The number of benzene rings is 1. The number of aromatic nitrogens is 4. The van der Waals surface area contributed by atoms with E-state index in [1.54, 1.807) is 0 Å². The van der Waals surface area contributed by atoms with Crippen molar-refractivity contribution in [2.75, 3.05) is 12.4 Å². The Morgan fingerprint density at radius 3 is 3.00 bits per heavy atom. The van der Waals surface area contributed by atoms with Gasteiger partial charge in [-0.15, -0.1) is 10.2 Å². The van der Waals surface area contributed by atoms with Gasteiger partial charge in [0.05, 0.1) is 12.8 Å². The minimum atomic E-state index is -0.810. The van der Waals surface area contributed by atoms with Crippen molar-refractivity contribution >= 4 is 11.3 Å². The van der Waals surface area contributed by atoms with Crippen LogP contribution in [0.2, 0.25) is 0 Å². The molecule has 102 valence electrons. The number of halogens is 1. The Balaban J connectivity index is 2.30. The molecule has 20 heavy (non-hydrogen) atoms. The largest absolute Gasteiger partial charge is 0.505 e. The first kappa shape index (κ1) is 13.3. The van der Waals surface area contributed by atoms with Gasteiger partial charge in [-0.1, -0.05) is 0 Å². The summed E-state index contributed by atoms with van der Waals surface area (Å²) >= 11 is 0. The highest BCUT2D eigenvalue weighted by Crippen LogP contribution is 2.31. The number of anilines is 1. The maximum absolute atomic E-state index is 13.2. The van der Waals surface area contributed by atoms with Crippen LogP contribution in [0.15, 0.2) is 18.3 Å². The van der Waals surface area contributed by atoms with E-state index >= 15 is 0 Å². The van der Waals surface area contributed by atoms with Crippen LogP contribution < -0.4 is 10.1 Å². The highest BCUT2D eigenvalue weighted by molar-refractivity contribution is 5.75. The lowest BCUT2D eigenvalue weighted by Gasteiger charge is -2.09. The fraction of sp³-hybridized carbons (Fsp3) is 0.0909. The molecule has 0 saturated heterocycles. The second-order valence-corrected chi connectivity index (χ2v) is 3.55. The number of aromatic amines is 1. The maximum atomic E-state index is 13.2. The number of nitrogens with one attached hydrogen (secondary N) is 2. The van der Waals surface area contributed by atoms with Gasteiger partial charge >= 0.3 is 0 Å². The number of H-pyrrole nitrogens is 1. The number of hydrogen-bond donors (Lipinski definition) is 3. The number of ether oxygens (including phenoxy) is 1. The molecule has 0 bridgehead atoms. The van der Waals surface area contributed by atoms with Crippen LogP contribution in [0.1, 0.15) is 5.82 Å². The second-order valence-electron chi connectivity index (χ2n) is 3.55. The van der Waals surface area contributed by atoms with E-state index in [9.17, 15) is 9.50 Å². The van der Waals surface area contributed by atoms with Crippen LogP contribution in [0.4, 0.5) is 10.1 Å². The van der Waals surface area contributed by atoms with E-state index in [1.807, 2.05) is 6.07 Å². The van der Waals surface area contributed by atoms with E-state index in [4.69, 9.17) is 10.00 Å². The van der Waals surface area contributed by atoms with Gasteiger partial charge in [0.15, 0.2) is 11.6 Å². The first-order valence-corrected chi connectivity index (χ1v) is 5.33. The molecule has 8 nitrogen and oxygen atoms in total. The zero-order valence-corrected chi connectivity index (χ0v) is 10.3. The molecule has 1 aromatic carbocycles. The predicted molar refractivity (Wildman–Crippen MR) is 66.0 cm³/mol. The van der Waals surface area contributed by atoms with E-state index in [0.717, 1.165) is 12.1 Å². The molecule has 1 heterocycles. The number of rotatable bonds is 4. The lowest BCUT2D eigenvalue weighted by atomic mass is 10.2. The highest BCUT2D eigenvalue weighted by Gasteiger charge is 2.10. The van der Waals surface area contributed by atoms with E-state index in [-0.39, 0.29) is 22.8 Å². The fourth-order valence-electron chi connectivity index (χ4n) is 1.40. The molecule has 0 spiro atoms. The van der Waals surface area contributed by atoms with Gasteiger partial charge in [-0.2, -0.15) is 10.5 Å². The third-order valence-electron chi connectivity index (χ3n) is 2.35. The summed E-state index contributed by atoms with van der Waals surface area (Å²) < 4.78 is 18.1. The molecule has 3 N–H and O–H groups in total. The van der Waals surface area contributed by atoms with Crippen molar-refractivity contribution in [1.29, 1.82) is 5.26 Å². The number of phenols is 1. The van der Waals surface area contributed by atoms with Crippen molar-refractivity contribution in [2.24, 2.45) is 0 Å². The van der Waals surface area contributed by atoms with Gasteiger partial charge < -0.3 is 15.2 Å². The number of tetrazole rings is 1. The maximum Gasteiger partial charge on any atom is 0.216 e. The molecule has 0 saturated carbocycles. The van der Waals surface area contributed by atoms with Crippen LogP contribution in [0.5, 0.6) is 11.5 Å². The van der Waals surface area contributed by atoms with Crippen molar-refractivity contribution in [3.05, 3.63) is 30.0 Å². The molecule has 0 aliphatic carbocycles. The molecule has 0 aliphatic heterocycles. The second kappa shape index (κ2) is 5.66. The third kappa shape index (κ3) is 2.64. The Morgan fingerprint density at radius 1 is 1.60 bits per heavy atom. The summed E-state index contributed by atoms with van der Waals surface area (Å²) in [5, 5.41) is 33.9. The number of phenolic OH excluding ortho intramolecular Hbond substituents is 1. The molecule has 0 fully saturated rings. The van der Waals surface area contributed by atoms with Gasteiger partial charge in [0.2, 0.25) is 5.82 Å². The number of hydrogen-bond acceptors (Lipinski definition) is 7. The van der Waals surface area contributed by atoms with Gasteiger partial charge in [-0.05, 0) is 5.21 Å². The lowest BCUT2D eigenvalue weighted by molar-refractivity contribution is 0.401. The van der Waals surface area contributed by atoms with Gasteiger partial charge in [-0.25, -0.2) is 4.39 Å². The molecule has 1 aromatic heterocycles. The van der Waals surface area contributed by atoms with E-state index in [0.29, 0.717) is 0 Å². The SMILES string of the molecule is COc1cc(F)c(O)cc1NC=C(C#N)c1nn[nH]n1. The highest BCUT2D eigenvalue weighted by atomic mass is 19.1. The molecule has 2 rings (SSSR count). The quantitative estimate of drug-likeness (QED) is 0.713. The van der Waals surface area contributed by atoms with Crippen molar-refractivity contribution in [2.45, 2.75) is 0 Å². The van der Waals surface area contributed by atoms with E-state index < -0.39 is 11.6 Å². The Hall–Kier alpha value is -3.15. The average Bonchev–Trinajstić information content (AvgIpc) is 2.97. The van der Waals surface area contributed by atoms with Crippen LogP contribution in [0.3, 0.4) is 0 Å². The van der Waals surface area contributed by atoms with Crippen LogP contribution in [-0.4, -0.2) is 32.8 Å². The number of aromatic hydroxyl groups is 1. The van der Waals surface area contributed by atoms with Crippen molar-refractivity contribution < 1.29 is 14.2 Å². The first-order chi connectivity index (χ1) is 9.65. The smallest absolute Gasteiger partial charge is 0.216 e. The minimum absolute atomic E-state index is 0.101. The summed E-state index contributed by atoms with van der Waals surface area (Å²) in [5.74, 6) is -1.08. The molecule has 9 heteroatoms. The molecular weight excluding hydrogens is 267 g/mol. The monoisotopic (exact) mass is 276 g/mol. The van der Waals surface area contributed by atoms with Crippen molar-refractivity contribution in [1.82, 2.24) is 20.6 Å². The Morgan fingerprint density at radius 2 is 2.40 bits per heavy atom. The van der Waals surface area contributed by atoms with Gasteiger partial charge in [-0.3, -0.25) is 0 Å². The normalized spacial score (nSPS) is 10.9. The Bertz CT molecular complexity index is 677. The molecule has 0 amide bonds. The fourth-order valence-corrected chi connectivity index (χ4v) is 1.40. The van der Waals surface area contributed by atoms with Gasteiger partial charge in [0.25, 0.3) is 0 Å². The van der Waals surface area contributed by atoms with Crippen LogP contribution >= 0.6 is 0 Å². The summed E-state index contributed by atoms with van der Waals surface area (Å²) in [6.07, 6.45) is 1.29. The number of allylic oxidation sites excluding steroid dienone is 1. The summed E-state index contributed by atoms with van der Waals surface area (Å²) in [6.45, 7) is 0. The average molecular weight is 276 g/mol. The summed E-state index contributed by atoms with van der Waals surface area (Å²) in [6, 6.07) is 4.03. The number of nitriles is 1. The number of nitrogens with zero attached hydrogens (tertiary/aromatic N) is 4. The Kier molecular flexibility index (Phi) is 3.76. The molecular formula is C11H9FN6O2. The van der Waals surface area contributed by atoms with Crippen molar-refractivity contribution in [3.63, 3.8) is 0 Å². The molecule has 0 radical (unpaired) electrons. The number of methoxy groups -OCH3 is 1. The lowest BCUT2D eigenvalue weighted by Crippen LogP contribution is -1.96. The van der Waals surface area contributed by atoms with E-state index in [2.05, 4.69) is 25.9 Å². The first-order valence-electron chi connectivity index (χ1n) is 5.33. The molecule has 0 atom stereocenters. The third-order valence-corrected chi connectivity index (χ3v) is 2.35.